The molecule has 0 aromatic heterocycles. The highest BCUT2D eigenvalue weighted by molar-refractivity contribution is 6.30. The predicted molar refractivity (Wildman–Crippen MR) is 493 cm³/mol. The molecule has 0 bridgehead atoms. The molecule has 0 saturated carbocycles. The van der Waals surface area contributed by atoms with E-state index in [-0.39, 0.29) is 0 Å². The second-order valence-electron chi connectivity index (χ2n) is 28.9. The maximum absolute atomic E-state index is 6.03. The Labute approximate surface area is 678 Å². The first-order valence-corrected chi connectivity index (χ1v) is 39.5. The van der Waals surface area contributed by atoms with Crippen LogP contribution in [-0.2, 0) is 0 Å². The number of nitrogens with one attached hydrogen (secondary N) is 1. The molecule has 115 heavy (non-hydrogen) atoms. The third-order valence-corrected chi connectivity index (χ3v) is 21.8. The highest BCUT2D eigenvalue weighted by Crippen LogP contribution is 2.42. The highest BCUT2D eigenvalue weighted by atomic mass is 35.5. The van der Waals surface area contributed by atoms with Crippen LogP contribution in [0.3, 0.4) is 0 Å². The van der Waals surface area contributed by atoms with Gasteiger partial charge in [-0.25, -0.2) is 0 Å². The first kappa shape index (κ1) is 71.8. The summed E-state index contributed by atoms with van der Waals surface area (Å²) >= 11 is 6.03. The first-order chi connectivity index (χ1) is 56.9. The van der Waals surface area contributed by atoms with Crippen molar-refractivity contribution in [2.75, 3.05) is 10.2 Å². The molecule has 3 heteroatoms. The molecule has 1 N–H and O–H groups in total. The predicted octanol–water partition coefficient (Wildman–Crippen LogP) is 31.9. The van der Waals surface area contributed by atoms with Crippen LogP contribution in [0.15, 0.2) is 467 Å². The van der Waals surface area contributed by atoms with E-state index in [1.54, 1.807) is 0 Å². The molecule has 0 unspecified atom stereocenters. The standard InChI is InChI=1S/C56H39N.C32H23N.C24H16Cl/c1-3-13-45(14-4-1)55-36-29-51(39-56(55)46-15-5-2-6-16-46)44-27-34-54(35-28-44)57(52-30-23-42(24-31-52)49-21-19-40-11-7-9-17-47(40)37-49)53-32-25-43(26-33-53)50-22-20-41-12-8-10-18-48(41)38-50;1-3-7-27-21-29(11-9-23(27)5-1)25-13-17-31(18-14-25)33-32-19-15-26(16-20-32)30-12-10-24-6-2-4-8-28(24)22-30;25-22-14-11-18(12-15-22)21-13-16-23(19-7-3-1-4-8-19)24(17-21)20-9-5-2-6-10-20/h1-39H;1-22,33H;1-5,7-17H/q;;+1. The van der Waals surface area contributed by atoms with E-state index in [4.69, 9.17) is 11.6 Å². The van der Waals surface area contributed by atoms with Crippen molar-refractivity contribution in [2.24, 2.45) is 0 Å². The molecule has 0 saturated heterocycles. The maximum atomic E-state index is 6.03. The van der Waals surface area contributed by atoms with Crippen molar-refractivity contribution in [1.29, 1.82) is 0 Å². The third-order valence-electron chi connectivity index (χ3n) is 21.6. The summed E-state index contributed by atoms with van der Waals surface area (Å²) < 4.78 is 0. The summed E-state index contributed by atoms with van der Waals surface area (Å²) in [7, 11) is 0. The zero-order valence-corrected chi connectivity index (χ0v) is 64.0. The lowest BCUT2D eigenvalue weighted by Gasteiger charge is -2.26. The van der Waals surface area contributed by atoms with Gasteiger partial charge in [0.2, 0.25) is 0 Å². The molecule has 20 rings (SSSR count). The summed E-state index contributed by atoms with van der Waals surface area (Å²) in [6, 6.07) is 158. The third kappa shape index (κ3) is 16.4. The van der Waals surface area contributed by atoms with Gasteiger partial charge in [0.05, 0.1) is 11.6 Å². The number of halogens is 1. The summed E-state index contributed by atoms with van der Waals surface area (Å²) in [5.41, 5.74) is 29.6. The second-order valence-corrected chi connectivity index (χ2v) is 29.4. The number of benzene rings is 19. The summed E-state index contributed by atoms with van der Waals surface area (Å²) in [4.78, 5) is 2.35. The molecule has 0 aliphatic heterocycles. The van der Waals surface area contributed by atoms with Crippen molar-refractivity contribution < 1.29 is 0 Å². The minimum absolute atomic E-state index is 0.752. The molecule has 542 valence electrons. The van der Waals surface area contributed by atoms with Gasteiger partial charge in [0.25, 0.3) is 0 Å². The van der Waals surface area contributed by atoms with E-state index in [0.29, 0.717) is 0 Å². The molecular weight excluding hydrogens is 1410 g/mol. The van der Waals surface area contributed by atoms with Crippen molar-refractivity contribution in [3.05, 3.63) is 484 Å². The van der Waals surface area contributed by atoms with E-state index < -0.39 is 0 Å². The Balaban J connectivity index is 0.000000133. The first-order valence-electron chi connectivity index (χ1n) is 39.1. The van der Waals surface area contributed by atoms with Gasteiger partial charge in [-0.3, -0.25) is 0 Å². The van der Waals surface area contributed by atoms with Crippen molar-refractivity contribution in [2.45, 2.75) is 0 Å². The van der Waals surface area contributed by atoms with Crippen LogP contribution in [0.1, 0.15) is 5.56 Å². The average Bonchev–Trinajstić information content (AvgIpc) is 0.711. The second kappa shape index (κ2) is 33.4. The molecule has 1 aliphatic rings. The van der Waals surface area contributed by atoms with Gasteiger partial charge in [-0.15, -0.1) is 0 Å². The van der Waals surface area contributed by atoms with Gasteiger partial charge in [0.15, 0.2) is 0 Å². The number of nitrogens with zero attached hydrogens (tertiary/aromatic N) is 1. The van der Waals surface area contributed by atoms with Gasteiger partial charge < -0.3 is 10.2 Å². The summed E-state index contributed by atoms with van der Waals surface area (Å²) in [5.74, 6) is 0. The number of hydrogen-bond donors (Lipinski definition) is 1. The van der Waals surface area contributed by atoms with E-state index in [1.807, 2.05) is 36.4 Å². The fourth-order valence-electron chi connectivity index (χ4n) is 15.5. The summed E-state index contributed by atoms with van der Waals surface area (Å²) in [6.45, 7) is 0. The number of anilines is 5. The minimum atomic E-state index is 0.752. The largest absolute Gasteiger partial charge is 0.356 e. The van der Waals surface area contributed by atoms with Crippen LogP contribution >= 0.6 is 11.6 Å². The Morgan fingerprint density at radius 2 is 0.478 bits per heavy atom. The number of allylic oxidation sites excluding steroid dienone is 6. The molecule has 0 atom stereocenters. The molecule has 0 fully saturated rings. The SMILES string of the molecule is Clc1ccc(-c2ccc(-c3ccccc3)c(C3=CC=C[C+]=C3)c2)cc1.c1ccc(-c2ccc(-c3ccc(N(c4ccc(-c5ccc6ccccc6c5)cc4)c4ccc(-c5ccc6ccccc6c5)cc4)cc3)cc2-c2ccccc2)cc1.c1ccc2cc(-c3ccc(Nc4ccc(-c5ccc6ccccc6c5)cc4)cc3)ccc2c1. The van der Waals surface area contributed by atoms with E-state index in [1.165, 1.54) is 143 Å². The molecule has 19 aromatic carbocycles. The lowest BCUT2D eigenvalue weighted by atomic mass is 9.90. The molecule has 1 aliphatic carbocycles. The van der Waals surface area contributed by atoms with Gasteiger partial charge in [-0.1, -0.05) is 345 Å². The van der Waals surface area contributed by atoms with Crippen LogP contribution in [0.4, 0.5) is 28.4 Å². The lowest BCUT2D eigenvalue weighted by molar-refractivity contribution is 1.28. The quantitative estimate of drug-likeness (QED) is 0.103. The van der Waals surface area contributed by atoms with Gasteiger partial charge >= 0.3 is 0 Å². The molecule has 0 amide bonds. The van der Waals surface area contributed by atoms with Crippen LogP contribution in [0.25, 0.3) is 149 Å². The fourth-order valence-corrected chi connectivity index (χ4v) is 15.6. The summed E-state index contributed by atoms with van der Waals surface area (Å²) in [5, 5.41) is 14.3. The minimum Gasteiger partial charge on any atom is -0.356 e. The molecule has 19 aromatic rings. The molecule has 0 heterocycles. The number of rotatable bonds is 15. The van der Waals surface area contributed by atoms with Crippen LogP contribution in [0.2, 0.25) is 5.02 Å². The summed E-state index contributed by atoms with van der Waals surface area (Å²) in [6.07, 6.45) is 11.3. The van der Waals surface area contributed by atoms with Gasteiger partial charge in [0, 0.05) is 56.7 Å². The topological polar surface area (TPSA) is 15.3 Å². The Hall–Kier alpha value is -14.8. The van der Waals surface area contributed by atoms with Crippen molar-refractivity contribution >= 4 is 88.7 Å². The zero-order valence-electron chi connectivity index (χ0n) is 63.3. The van der Waals surface area contributed by atoms with E-state index in [0.717, 1.165) is 44.6 Å². The number of fused-ring (bicyclic) bond motifs is 4. The van der Waals surface area contributed by atoms with Crippen LogP contribution in [0.5, 0.6) is 0 Å². The fraction of sp³-hybridized carbons (Fsp3) is 0. The molecule has 0 spiro atoms. The van der Waals surface area contributed by atoms with Gasteiger partial charge in [0.1, 0.15) is 12.2 Å². The van der Waals surface area contributed by atoms with Crippen LogP contribution in [-0.4, -0.2) is 0 Å². The van der Waals surface area contributed by atoms with Crippen LogP contribution in [0, 0.1) is 6.08 Å². The normalized spacial score (nSPS) is 11.4. The Kier molecular flexibility index (Phi) is 20.9. The highest BCUT2D eigenvalue weighted by Gasteiger charge is 2.19. The lowest BCUT2D eigenvalue weighted by Crippen LogP contribution is -2.09. The molecule has 2 nitrogen and oxygen atoms in total. The Bertz CT molecular complexity index is 6490. The van der Waals surface area contributed by atoms with Gasteiger partial charge in [-0.2, -0.15) is 0 Å². The van der Waals surface area contributed by atoms with Crippen molar-refractivity contribution in [1.82, 2.24) is 0 Å². The molecule has 0 radical (unpaired) electrons. The number of hydrogen-bond acceptors (Lipinski definition) is 2. The molecular formula is C112H78ClN2+. The Morgan fingerprint density at radius 1 is 0.209 bits per heavy atom. The van der Waals surface area contributed by atoms with Crippen molar-refractivity contribution in [3.63, 3.8) is 0 Å². The van der Waals surface area contributed by atoms with Crippen LogP contribution < -0.4 is 10.2 Å². The average molecular weight is 1490 g/mol. The van der Waals surface area contributed by atoms with E-state index in [9.17, 15) is 0 Å². The zero-order chi connectivity index (χ0) is 77.1. The smallest absolute Gasteiger partial charge is 0.111 e. The van der Waals surface area contributed by atoms with Gasteiger partial charge in [-0.05, 0) is 247 Å². The van der Waals surface area contributed by atoms with E-state index >= 15 is 0 Å². The maximum Gasteiger partial charge on any atom is 0.111 e. The van der Waals surface area contributed by atoms with Crippen molar-refractivity contribution in [3.8, 4) is 100 Å². The van der Waals surface area contributed by atoms with E-state index in [2.05, 4.69) is 447 Å². The Morgan fingerprint density at radius 3 is 0.817 bits per heavy atom. The monoisotopic (exact) mass is 1490 g/mol.